The SMILES string of the molecule is CC(C)c1cccc(C(C)C)c1-c1cc(Oc2[c-]c3c(cc2)C(C)(C)c2ccccc2N3c2cc(C(C)(C)C)ccn2)[c-]c(C2=N[C@]3(C)CCC[C@]3(C)O2)c1.[Pt+2]. The first-order valence-electron chi connectivity index (χ1n) is 20.1. The molecule has 0 amide bonds. The molecule has 0 saturated heterocycles. The molecular weight excluding hydrogens is 870 g/mol. The van der Waals surface area contributed by atoms with Crippen molar-refractivity contribution in [3.05, 3.63) is 131 Å². The van der Waals surface area contributed by atoms with Crippen LogP contribution in [-0.2, 0) is 36.6 Å². The first kappa shape index (κ1) is 40.0. The van der Waals surface area contributed by atoms with Gasteiger partial charge in [-0.15, -0.1) is 23.8 Å². The van der Waals surface area contributed by atoms with E-state index < -0.39 is 0 Å². The molecule has 5 nitrogen and oxygen atoms in total. The fourth-order valence-electron chi connectivity index (χ4n) is 8.99. The second kappa shape index (κ2) is 14.3. The Morgan fingerprint density at radius 3 is 2.18 bits per heavy atom. The standard InChI is InChI=1S/C50H55N3O2.Pt/c1-31(2)38-16-14-17-39(32(3)4)45(38)33-26-34(46-52-49(10)23-15-24-50(49,11)55-46)28-37(27-33)54-36-20-21-41-43(30-36)53(42-19-13-12-18-40(42)48(41,8)9)44-29-35(22-25-51-44)47(5,6)7;/h12-14,16-22,25-27,29,31-32H,15,23-24H2,1-11H3;/q-2;+2/t49-,50+;/m1./s1. The van der Waals surface area contributed by atoms with Crippen LogP contribution in [0.2, 0.25) is 0 Å². The van der Waals surface area contributed by atoms with E-state index in [0.29, 0.717) is 29.2 Å². The van der Waals surface area contributed by atoms with Gasteiger partial charge in [0.05, 0.1) is 5.54 Å². The van der Waals surface area contributed by atoms with E-state index in [9.17, 15) is 0 Å². The van der Waals surface area contributed by atoms with Crippen molar-refractivity contribution >= 4 is 23.1 Å². The molecule has 1 aromatic heterocycles. The van der Waals surface area contributed by atoms with Gasteiger partial charge in [0.1, 0.15) is 17.3 Å². The number of para-hydroxylation sites is 1. The third-order valence-corrected chi connectivity index (χ3v) is 12.5. The predicted molar refractivity (Wildman–Crippen MR) is 226 cm³/mol. The molecule has 3 aliphatic rings. The number of fused-ring (bicyclic) bond motifs is 3. The summed E-state index contributed by atoms with van der Waals surface area (Å²) >= 11 is 0. The minimum absolute atomic E-state index is 0. The molecular formula is C50H55N3O2Pt. The Morgan fingerprint density at radius 1 is 0.786 bits per heavy atom. The minimum Gasteiger partial charge on any atom is -0.512 e. The van der Waals surface area contributed by atoms with Crippen LogP contribution in [0.1, 0.15) is 141 Å². The molecule has 0 spiro atoms. The normalized spacial score (nSPS) is 20.9. The molecule has 8 rings (SSSR count). The smallest absolute Gasteiger partial charge is 0.512 e. The summed E-state index contributed by atoms with van der Waals surface area (Å²) in [5.74, 6) is 3.38. The van der Waals surface area contributed by atoms with Crippen molar-refractivity contribution in [2.75, 3.05) is 4.90 Å². The van der Waals surface area contributed by atoms with Gasteiger partial charge in [-0.25, -0.2) is 4.98 Å². The fourth-order valence-corrected chi connectivity index (χ4v) is 8.99. The molecule has 1 saturated carbocycles. The zero-order chi connectivity index (χ0) is 39.1. The number of rotatable bonds is 7. The number of hydrogen-bond acceptors (Lipinski definition) is 5. The third kappa shape index (κ3) is 6.72. The van der Waals surface area contributed by atoms with Crippen LogP contribution in [0, 0.1) is 12.1 Å². The van der Waals surface area contributed by atoms with Gasteiger partial charge in [-0.05, 0) is 102 Å². The molecule has 56 heavy (non-hydrogen) atoms. The molecule has 0 radical (unpaired) electrons. The van der Waals surface area contributed by atoms with Gasteiger partial charge in [-0.3, -0.25) is 4.99 Å². The summed E-state index contributed by atoms with van der Waals surface area (Å²) in [4.78, 5) is 12.5. The van der Waals surface area contributed by atoms with E-state index in [1.165, 1.54) is 27.8 Å². The summed E-state index contributed by atoms with van der Waals surface area (Å²) < 4.78 is 13.7. The average Bonchev–Trinajstić information content (AvgIpc) is 3.57. The van der Waals surface area contributed by atoms with Gasteiger partial charge in [0.15, 0.2) is 0 Å². The Labute approximate surface area is 349 Å². The van der Waals surface area contributed by atoms with Gasteiger partial charge in [0.2, 0.25) is 0 Å². The molecule has 3 heterocycles. The van der Waals surface area contributed by atoms with E-state index in [1.807, 2.05) is 12.3 Å². The first-order valence-corrected chi connectivity index (χ1v) is 20.1. The fraction of sp³-hybridized carbons (Fsp3) is 0.400. The van der Waals surface area contributed by atoms with Crippen molar-refractivity contribution in [1.29, 1.82) is 0 Å². The van der Waals surface area contributed by atoms with Gasteiger partial charge in [-0.1, -0.05) is 128 Å². The Bertz CT molecular complexity index is 2310. The van der Waals surface area contributed by atoms with Crippen molar-refractivity contribution < 1.29 is 30.5 Å². The van der Waals surface area contributed by atoms with E-state index in [0.717, 1.165) is 53.1 Å². The Hall–Kier alpha value is -4.21. The van der Waals surface area contributed by atoms with Crippen LogP contribution in [0.25, 0.3) is 11.1 Å². The van der Waals surface area contributed by atoms with Crippen LogP contribution in [0.5, 0.6) is 11.5 Å². The van der Waals surface area contributed by atoms with Gasteiger partial charge in [0.25, 0.3) is 0 Å². The summed E-state index contributed by atoms with van der Waals surface area (Å²) in [7, 11) is 0. The quantitative estimate of drug-likeness (QED) is 0.153. The van der Waals surface area contributed by atoms with E-state index in [1.54, 1.807) is 0 Å². The van der Waals surface area contributed by atoms with Crippen LogP contribution < -0.4 is 9.64 Å². The number of nitrogens with zero attached hydrogens (tertiary/aromatic N) is 3. The summed E-state index contributed by atoms with van der Waals surface area (Å²) in [6.45, 7) is 24.8. The Morgan fingerprint density at radius 2 is 1.50 bits per heavy atom. The van der Waals surface area contributed by atoms with Gasteiger partial charge >= 0.3 is 21.1 Å². The van der Waals surface area contributed by atoms with Crippen molar-refractivity contribution in [2.24, 2.45) is 4.99 Å². The number of aliphatic imine (C=N–C) groups is 1. The van der Waals surface area contributed by atoms with Gasteiger partial charge < -0.3 is 14.4 Å². The second-order valence-electron chi connectivity index (χ2n) is 18.5. The van der Waals surface area contributed by atoms with Crippen molar-refractivity contribution in [3.8, 4) is 22.6 Å². The van der Waals surface area contributed by atoms with E-state index in [-0.39, 0.29) is 43.0 Å². The molecule has 2 atom stereocenters. The minimum atomic E-state index is -0.330. The van der Waals surface area contributed by atoms with Gasteiger partial charge in [0, 0.05) is 23.4 Å². The monoisotopic (exact) mass is 924 g/mol. The zero-order valence-corrected chi connectivity index (χ0v) is 37.1. The molecule has 2 aliphatic heterocycles. The summed E-state index contributed by atoms with van der Waals surface area (Å²) in [5.41, 5.74) is 10.5. The van der Waals surface area contributed by atoms with Crippen LogP contribution in [0.15, 0.2) is 90.1 Å². The topological polar surface area (TPSA) is 47.0 Å². The summed E-state index contributed by atoms with van der Waals surface area (Å²) in [6, 6.07) is 35.6. The largest absolute Gasteiger partial charge is 2.00 e. The second-order valence-corrected chi connectivity index (χ2v) is 18.5. The summed E-state index contributed by atoms with van der Waals surface area (Å²) in [5, 5.41) is 0. The first-order chi connectivity index (χ1) is 26.0. The maximum absolute atomic E-state index is 6.90. The van der Waals surface area contributed by atoms with Crippen LogP contribution >= 0.6 is 0 Å². The van der Waals surface area contributed by atoms with E-state index >= 15 is 0 Å². The number of ether oxygens (including phenoxy) is 2. The zero-order valence-electron chi connectivity index (χ0n) is 34.8. The molecule has 0 N–H and O–H groups in total. The molecule has 0 bridgehead atoms. The van der Waals surface area contributed by atoms with Crippen molar-refractivity contribution in [3.63, 3.8) is 0 Å². The number of pyridine rings is 1. The molecule has 1 fully saturated rings. The van der Waals surface area contributed by atoms with Crippen molar-refractivity contribution in [2.45, 2.75) is 129 Å². The Balaban J connectivity index is 0.00000480. The van der Waals surface area contributed by atoms with Gasteiger partial charge in [-0.2, -0.15) is 6.07 Å². The molecule has 0 unspecified atom stereocenters. The number of benzene rings is 4. The molecule has 6 heteroatoms. The maximum Gasteiger partial charge on any atom is 2.00 e. The van der Waals surface area contributed by atoms with E-state index in [2.05, 4.69) is 166 Å². The number of aromatic nitrogens is 1. The molecule has 292 valence electrons. The van der Waals surface area contributed by atoms with Crippen molar-refractivity contribution in [1.82, 2.24) is 4.98 Å². The predicted octanol–water partition coefficient (Wildman–Crippen LogP) is 13.3. The van der Waals surface area contributed by atoms with E-state index in [4.69, 9.17) is 19.5 Å². The van der Waals surface area contributed by atoms with Crippen LogP contribution in [0.4, 0.5) is 17.2 Å². The number of anilines is 3. The van der Waals surface area contributed by atoms with Crippen LogP contribution in [-0.4, -0.2) is 22.0 Å². The molecule has 1 aliphatic carbocycles. The summed E-state index contributed by atoms with van der Waals surface area (Å²) in [6.07, 6.45) is 5.03. The molecule has 5 aromatic rings. The average molecular weight is 925 g/mol. The van der Waals surface area contributed by atoms with Crippen LogP contribution in [0.3, 0.4) is 0 Å². The Kier molecular flexibility index (Phi) is 10.2. The third-order valence-electron chi connectivity index (χ3n) is 12.5. The number of hydrogen-bond donors (Lipinski definition) is 0. The maximum atomic E-state index is 6.90. The molecule has 4 aromatic carbocycles.